The van der Waals surface area contributed by atoms with Gasteiger partial charge < -0.3 is 14.8 Å². The largest absolute Gasteiger partial charge is 0.485 e. The van der Waals surface area contributed by atoms with Gasteiger partial charge in [0.2, 0.25) is 5.91 Å². The molecule has 1 aliphatic rings. The molecule has 0 aliphatic carbocycles. The number of hydrogen-bond donors (Lipinski definition) is 2. The minimum atomic E-state index is -0.646. The fraction of sp³-hybridized carbons (Fsp3) is 0.222. The number of halogens is 1. The van der Waals surface area contributed by atoms with Gasteiger partial charge in [-0.2, -0.15) is 0 Å². The topological polar surface area (TPSA) is 102 Å². The van der Waals surface area contributed by atoms with Gasteiger partial charge in [-0.15, -0.1) is 0 Å². The molecular formula is C18H17BrN4O4. The number of anilines is 2. The Bertz CT molecular complexity index is 886. The van der Waals surface area contributed by atoms with Crippen LogP contribution in [-0.4, -0.2) is 41.2 Å². The fourth-order valence-corrected chi connectivity index (χ4v) is 2.55. The molecule has 2 amide bonds. The van der Waals surface area contributed by atoms with Crippen molar-refractivity contribution in [2.45, 2.75) is 6.92 Å². The summed E-state index contributed by atoms with van der Waals surface area (Å²) in [5.41, 5.74) is 2.02. The Morgan fingerprint density at radius 2 is 2.04 bits per heavy atom. The highest BCUT2D eigenvalue weighted by Crippen LogP contribution is 2.39. The maximum atomic E-state index is 11.9. The molecule has 0 fully saturated rings. The van der Waals surface area contributed by atoms with Crippen molar-refractivity contribution in [3.05, 3.63) is 42.0 Å². The van der Waals surface area contributed by atoms with E-state index in [0.717, 1.165) is 5.56 Å². The smallest absolute Gasteiger partial charge is 0.412 e. The second kappa shape index (κ2) is 8.63. The van der Waals surface area contributed by atoms with Crippen LogP contribution in [0.5, 0.6) is 5.75 Å². The van der Waals surface area contributed by atoms with Crippen molar-refractivity contribution in [1.29, 1.82) is 0 Å². The van der Waals surface area contributed by atoms with Crippen LogP contribution in [0.1, 0.15) is 12.5 Å². The van der Waals surface area contributed by atoms with Gasteiger partial charge in [0.05, 0.1) is 17.6 Å². The van der Waals surface area contributed by atoms with E-state index in [1.807, 2.05) is 30.3 Å². The number of carbonyl (C=O) groups excluding carboxylic acids is 2. The quantitative estimate of drug-likeness (QED) is 0.703. The Hall–Kier alpha value is -2.94. The highest BCUT2D eigenvalue weighted by Gasteiger charge is 2.22. The van der Waals surface area contributed by atoms with E-state index in [0.29, 0.717) is 17.1 Å². The standard InChI is InChI=1S/C18H17BrN4O4/c1-2-26-18(25)22-14-8-13-16(17(21-14)23-15(24)9-19)20-12(10-27-13)11-6-4-3-5-7-11/h3-8H,2,9-10H2,1H3,(H2,21,22,23,24,25). The first-order chi connectivity index (χ1) is 13.1. The summed E-state index contributed by atoms with van der Waals surface area (Å²) in [5.74, 6) is 0.480. The molecule has 0 radical (unpaired) electrons. The van der Waals surface area contributed by atoms with Gasteiger partial charge >= 0.3 is 6.09 Å². The normalized spacial score (nSPS) is 12.3. The highest BCUT2D eigenvalue weighted by molar-refractivity contribution is 9.09. The molecule has 1 aliphatic heterocycles. The molecule has 27 heavy (non-hydrogen) atoms. The third-order valence-electron chi connectivity index (χ3n) is 3.56. The summed E-state index contributed by atoms with van der Waals surface area (Å²) in [7, 11) is 0. The maximum absolute atomic E-state index is 11.9. The molecule has 1 aromatic carbocycles. The number of nitrogens with one attached hydrogen (secondary N) is 2. The maximum Gasteiger partial charge on any atom is 0.412 e. The van der Waals surface area contributed by atoms with Crippen molar-refractivity contribution in [1.82, 2.24) is 4.98 Å². The molecule has 0 bridgehead atoms. The number of fused-ring (bicyclic) bond motifs is 1. The number of amides is 2. The van der Waals surface area contributed by atoms with E-state index in [-0.39, 0.29) is 36.1 Å². The number of aromatic nitrogens is 1. The van der Waals surface area contributed by atoms with Gasteiger partial charge in [-0.1, -0.05) is 46.3 Å². The first-order valence-electron chi connectivity index (χ1n) is 8.21. The lowest BCUT2D eigenvalue weighted by molar-refractivity contribution is -0.113. The number of ether oxygens (including phenoxy) is 2. The molecule has 3 rings (SSSR count). The van der Waals surface area contributed by atoms with Crippen molar-refractivity contribution in [2.75, 3.05) is 29.2 Å². The van der Waals surface area contributed by atoms with Crippen LogP contribution in [0.4, 0.5) is 22.1 Å². The predicted octanol–water partition coefficient (Wildman–Crippen LogP) is 3.50. The molecule has 9 heteroatoms. The molecule has 2 N–H and O–H groups in total. The summed E-state index contributed by atoms with van der Waals surface area (Å²) in [4.78, 5) is 32.4. The zero-order valence-corrected chi connectivity index (χ0v) is 16.1. The Kier molecular flexibility index (Phi) is 6.02. The van der Waals surface area contributed by atoms with Gasteiger partial charge in [0.15, 0.2) is 11.6 Å². The van der Waals surface area contributed by atoms with Crippen molar-refractivity contribution < 1.29 is 19.1 Å². The SMILES string of the molecule is CCOC(=O)Nc1cc2c(c(NC(=O)CBr)n1)N=C(c1ccccc1)CO2. The molecule has 1 aromatic heterocycles. The molecular weight excluding hydrogens is 416 g/mol. The van der Waals surface area contributed by atoms with Crippen LogP contribution in [0.25, 0.3) is 0 Å². The Labute approximate surface area is 164 Å². The number of pyridine rings is 1. The summed E-state index contributed by atoms with van der Waals surface area (Å²) in [5, 5.41) is 5.26. The predicted molar refractivity (Wildman–Crippen MR) is 105 cm³/mol. The number of alkyl halides is 1. The summed E-state index contributed by atoms with van der Waals surface area (Å²) in [6.07, 6.45) is -0.646. The van der Waals surface area contributed by atoms with E-state index in [4.69, 9.17) is 9.47 Å². The van der Waals surface area contributed by atoms with Crippen molar-refractivity contribution in [2.24, 2.45) is 4.99 Å². The first kappa shape index (κ1) is 18.8. The summed E-state index contributed by atoms with van der Waals surface area (Å²) in [6, 6.07) is 11.1. The van der Waals surface area contributed by atoms with Gasteiger partial charge in [-0.25, -0.2) is 14.8 Å². The number of nitrogens with zero attached hydrogens (tertiary/aromatic N) is 2. The second-order valence-electron chi connectivity index (χ2n) is 5.44. The Morgan fingerprint density at radius 1 is 1.26 bits per heavy atom. The third-order valence-corrected chi connectivity index (χ3v) is 4.07. The molecule has 0 saturated heterocycles. The van der Waals surface area contributed by atoms with Crippen molar-refractivity contribution in [3.63, 3.8) is 0 Å². The molecule has 0 saturated carbocycles. The molecule has 140 valence electrons. The lowest BCUT2D eigenvalue weighted by atomic mass is 10.1. The third kappa shape index (κ3) is 4.62. The van der Waals surface area contributed by atoms with Crippen LogP contribution in [0.3, 0.4) is 0 Å². The van der Waals surface area contributed by atoms with E-state index < -0.39 is 6.09 Å². The fourth-order valence-electron chi connectivity index (χ4n) is 2.41. The molecule has 0 atom stereocenters. The van der Waals surface area contributed by atoms with E-state index in [1.54, 1.807) is 13.0 Å². The number of benzene rings is 1. The van der Waals surface area contributed by atoms with Gasteiger partial charge in [0, 0.05) is 6.07 Å². The molecule has 0 unspecified atom stereocenters. The van der Waals surface area contributed by atoms with E-state index in [9.17, 15) is 9.59 Å². The van der Waals surface area contributed by atoms with Crippen molar-refractivity contribution in [3.8, 4) is 5.75 Å². The van der Waals surface area contributed by atoms with Gasteiger partial charge in [0.25, 0.3) is 0 Å². The van der Waals surface area contributed by atoms with Crippen LogP contribution in [0.2, 0.25) is 0 Å². The number of rotatable bonds is 5. The second-order valence-corrected chi connectivity index (χ2v) is 6.00. The summed E-state index contributed by atoms with van der Waals surface area (Å²) in [6.45, 7) is 2.18. The average Bonchev–Trinajstić information content (AvgIpc) is 2.68. The van der Waals surface area contributed by atoms with E-state index >= 15 is 0 Å². The molecule has 0 spiro atoms. The van der Waals surface area contributed by atoms with Crippen LogP contribution in [-0.2, 0) is 9.53 Å². The lowest BCUT2D eigenvalue weighted by Crippen LogP contribution is -2.20. The number of carbonyl (C=O) groups is 2. The van der Waals surface area contributed by atoms with Crippen LogP contribution < -0.4 is 15.4 Å². The molecule has 2 aromatic rings. The molecule has 8 nitrogen and oxygen atoms in total. The zero-order chi connectivity index (χ0) is 19.2. The minimum Gasteiger partial charge on any atom is -0.485 e. The van der Waals surface area contributed by atoms with Crippen LogP contribution >= 0.6 is 15.9 Å². The number of aliphatic imine (C=N–C) groups is 1. The average molecular weight is 433 g/mol. The minimum absolute atomic E-state index is 0.0924. The molecule has 2 heterocycles. The van der Waals surface area contributed by atoms with E-state index in [1.165, 1.54) is 0 Å². The van der Waals surface area contributed by atoms with Gasteiger partial charge in [-0.05, 0) is 12.5 Å². The van der Waals surface area contributed by atoms with Crippen molar-refractivity contribution >= 4 is 51.0 Å². The number of hydrogen-bond acceptors (Lipinski definition) is 6. The zero-order valence-electron chi connectivity index (χ0n) is 14.5. The first-order valence-corrected chi connectivity index (χ1v) is 9.33. The van der Waals surface area contributed by atoms with Crippen LogP contribution in [0.15, 0.2) is 41.4 Å². The van der Waals surface area contributed by atoms with Gasteiger partial charge in [-0.3, -0.25) is 10.1 Å². The van der Waals surface area contributed by atoms with E-state index in [2.05, 4.69) is 36.5 Å². The lowest BCUT2D eigenvalue weighted by Gasteiger charge is -2.20. The summed E-state index contributed by atoms with van der Waals surface area (Å²) < 4.78 is 10.7. The highest BCUT2D eigenvalue weighted by atomic mass is 79.9. The summed E-state index contributed by atoms with van der Waals surface area (Å²) >= 11 is 3.10. The monoisotopic (exact) mass is 432 g/mol. The van der Waals surface area contributed by atoms with Crippen LogP contribution in [0, 0.1) is 0 Å². The Balaban J connectivity index is 2.00. The Morgan fingerprint density at radius 3 is 2.74 bits per heavy atom. The van der Waals surface area contributed by atoms with Gasteiger partial charge in [0.1, 0.15) is 18.1 Å².